The van der Waals surface area contributed by atoms with E-state index >= 15 is 0 Å². The number of aryl methyl sites for hydroxylation is 1. The summed E-state index contributed by atoms with van der Waals surface area (Å²) in [7, 11) is 0. The first-order valence-corrected chi connectivity index (χ1v) is 8.85. The molecule has 0 aliphatic carbocycles. The fourth-order valence-electron chi connectivity index (χ4n) is 2.85. The molecule has 0 N–H and O–H groups in total. The summed E-state index contributed by atoms with van der Waals surface area (Å²) in [5, 5.41) is 0. The standard InChI is InChI=1S/C19H28N2O3/c1-3-4-10-18(22)20-11-7-12-21(14-13-20)19(23)15-24-17-9-6-5-8-16(17)2/h5-6,8-9H,3-4,7,10-15H2,1-2H3. The molecule has 132 valence electrons. The zero-order chi connectivity index (χ0) is 17.4. The molecule has 1 aliphatic rings. The number of hydrogen-bond acceptors (Lipinski definition) is 3. The molecule has 0 aromatic heterocycles. The molecular formula is C19H28N2O3. The highest BCUT2D eigenvalue weighted by Gasteiger charge is 2.22. The van der Waals surface area contributed by atoms with Crippen LogP contribution < -0.4 is 4.74 Å². The van der Waals surface area contributed by atoms with Gasteiger partial charge in [-0.25, -0.2) is 0 Å². The van der Waals surface area contributed by atoms with Crippen molar-refractivity contribution in [2.75, 3.05) is 32.8 Å². The second kappa shape index (κ2) is 9.30. The lowest BCUT2D eigenvalue weighted by Gasteiger charge is -2.22. The molecule has 0 radical (unpaired) electrons. The van der Waals surface area contributed by atoms with Crippen molar-refractivity contribution in [2.24, 2.45) is 0 Å². The number of amides is 2. The normalized spacial score (nSPS) is 15.1. The maximum absolute atomic E-state index is 12.4. The van der Waals surface area contributed by atoms with Crippen LogP contribution in [0.4, 0.5) is 0 Å². The van der Waals surface area contributed by atoms with Gasteiger partial charge < -0.3 is 14.5 Å². The molecule has 2 amide bonds. The highest BCUT2D eigenvalue weighted by molar-refractivity contribution is 5.78. The summed E-state index contributed by atoms with van der Waals surface area (Å²) >= 11 is 0. The number of unbranched alkanes of at least 4 members (excludes halogenated alkanes) is 1. The first kappa shape index (κ1) is 18.3. The Balaban J connectivity index is 1.81. The minimum atomic E-state index is -0.0129. The molecular weight excluding hydrogens is 304 g/mol. The molecule has 1 aliphatic heterocycles. The predicted molar refractivity (Wildman–Crippen MR) is 94.0 cm³/mol. The van der Waals surface area contributed by atoms with Crippen molar-refractivity contribution in [3.05, 3.63) is 29.8 Å². The van der Waals surface area contributed by atoms with E-state index in [0.29, 0.717) is 26.1 Å². The number of nitrogens with zero attached hydrogens (tertiary/aromatic N) is 2. The van der Waals surface area contributed by atoms with Gasteiger partial charge >= 0.3 is 0 Å². The molecule has 1 heterocycles. The van der Waals surface area contributed by atoms with E-state index in [0.717, 1.165) is 37.1 Å². The second-order valence-electron chi connectivity index (χ2n) is 6.27. The van der Waals surface area contributed by atoms with E-state index < -0.39 is 0 Å². The third-order valence-corrected chi connectivity index (χ3v) is 4.39. The van der Waals surface area contributed by atoms with Crippen molar-refractivity contribution in [2.45, 2.75) is 39.5 Å². The lowest BCUT2D eigenvalue weighted by Crippen LogP contribution is -2.39. The average molecular weight is 332 g/mol. The van der Waals surface area contributed by atoms with Gasteiger partial charge in [-0.15, -0.1) is 0 Å². The summed E-state index contributed by atoms with van der Waals surface area (Å²) in [6.45, 7) is 6.75. The van der Waals surface area contributed by atoms with E-state index in [1.807, 2.05) is 41.0 Å². The Bertz CT molecular complexity index is 559. The average Bonchev–Trinajstić information content (AvgIpc) is 2.85. The van der Waals surface area contributed by atoms with Gasteiger partial charge in [0.15, 0.2) is 6.61 Å². The van der Waals surface area contributed by atoms with Gasteiger partial charge in [-0.1, -0.05) is 31.5 Å². The smallest absolute Gasteiger partial charge is 0.260 e. The summed E-state index contributed by atoms with van der Waals surface area (Å²) < 4.78 is 5.65. The van der Waals surface area contributed by atoms with Crippen LogP contribution in [0.2, 0.25) is 0 Å². The Kier molecular flexibility index (Phi) is 7.09. The Morgan fingerprint density at radius 3 is 2.38 bits per heavy atom. The van der Waals surface area contributed by atoms with E-state index in [-0.39, 0.29) is 18.4 Å². The van der Waals surface area contributed by atoms with Gasteiger partial charge in [0.1, 0.15) is 5.75 Å². The van der Waals surface area contributed by atoms with Crippen LogP contribution in [0.1, 0.15) is 38.2 Å². The SMILES string of the molecule is CCCCC(=O)N1CCCN(C(=O)COc2ccccc2C)CC1. The number of ether oxygens (including phenoxy) is 1. The van der Waals surface area contributed by atoms with Gasteiger partial charge in [0.05, 0.1) is 0 Å². The molecule has 5 nitrogen and oxygen atoms in total. The highest BCUT2D eigenvalue weighted by atomic mass is 16.5. The van der Waals surface area contributed by atoms with E-state index in [2.05, 4.69) is 6.92 Å². The van der Waals surface area contributed by atoms with Crippen molar-refractivity contribution < 1.29 is 14.3 Å². The summed E-state index contributed by atoms with van der Waals surface area (Å²) in [4.78, 5) is 28.2. The van der Waals surface area contributed by atoms with Crippen molar-refractivity contribution >= 4 is 11.8 Å². The molecule has 24 heavy (non-hydrogen) atoms. The maximum atomic E-state index is 12.4. The van der Waals surface area contributed by atoms with Crippen LogP contribution in [0, 0.1) is 6.92 Å². The quantitative estimate of drug-likeness (QED) is 0.805. The first-order chi connectivity index (χ1) is 11.6. The van der Waals surface area contributed by atoms with Crippen LogP contribution in [-0.2, 0) is 9.59 Å². The van der Waals surface area contributed by atoms with Crippen LogP contribution in [-0.4, -0.2) is 54.4 Å². The van der Waals surface area contributed by atoms with Crippen LogP contribution >= 0.6 is 0 Å². The highest BCUT2D eigenvalue weighted by Crippen LogP contribution is 2.16. The molecule has 1 saturated heterocycles. The number of benzene rings is 1. The topological polar surface area (TPSA) is 49.9 Å². The van der Waals surface area contributed by atoms with Gasteiger partial charge in [-0.2, -0.15) is 0 Å². The molecule has 5 heteroatoms. The fraction of sp³-hybridized carbons (Fsp3) is 0.579. The molecule has 1 aromatic carbocycles. The van der Waals surface area contributed by atoms with E-state index in [4.69, 9.17) is 4.74 Å². The number of carbonyl (C=O) groups is 2. The van der Waals surface area contributed by atoms with Crippen LogP contribution in [0.15, 0.2) is 24.3 Å². The van der Waals surface area contributed by atoms with Crippen molar-refractivity contribution in [1.29, 1.82) is 0 Å². The maximum Gasteiger partial charge on any atom is 0.260 e. The van der Waals surface area contributed by atoms with E-state index in [9.17, 15) is 9.59 Å². The van der Waals surface area contributed by atoms with Crippen molar-refractivity contribution in [1.82, 2.24) is 9.80 Å². The fourth-order valence-corrected chi connectivity index (χ4v) is 2.85. The molecule has 1 aromatic rings. The van der Waals surface area contributed by atoms with Crippen molar-refractivity contribution in [3.63, 3.8) is 0 Å². The molecule has 1 fully saturated rings. The zero-order valence-corrected chi connectivity index (χ0v) is 14.8. The van der Waals surface area contributed by atoms with Crippen LogP contribution in [0.5, 0.6) is 5.75 Å². The predicted octanol–water partition coefficient (Wildman–Crippen LogP) is 2.62. The lowest BCUT2D eigenvalue weighted by atomic mass is 10.2. The molecule has 0 atom stereocenters. The molecule has 0 spiro atoms. The monoisotopic (exact) mass is 332 g/mol. The summed E-state index contributed by atoms with van der Waals surface area (Å²) in [5.74, 6) is 0.945. The minimum Gasteiger partial charge on any atom is -0.484 e. The molecule has 0 unspecified atom stereocenters. The Morgan fingerprint density at radius 1 is 1.04 bits per heavy atom. The largest absolute Gasteiger partial charge is 0.484 e. The van der Waals surface area contributed by atoms with Gasteiger partial charge in [0.2, 0.25) is 5.91 Å². The van der Waals surface area contributed by atoms with Crippen molar-refractivity contribution in [3.8, 4) is 5.75 Å². The summed E-state index contributed by atoms with van der Waals surface area (Å²) in [6.07, 6.45) is 3.40. The lowest BCUT2D eigenvalue weighted by molar-refractivity contribution is -0.134. The number of hydrogen-bond donors (Lipinski definition) is 0. The van der Waals surface area contributed by atoms with E-state index in [1.54, 1.807) is 0 Å². The number of para-hydroxylation sites is 1. The Morgan fingerprint density at radius 2 is 1.71 bits per heavy atom. The second-order valence-corrected chi connectivity index (χ2v) is 6.27. The summed E-state index contributed by atoms with van der Waals surface area (Å²) in [6, 6.07) is 7.69. The first-order valence-electron chi connectivity index (χ1n) is 8.85. The third kappa shape index (κ3) is 5.25. The number of rotatable bonds is 6. The Hall–Kier alpha value is -2.04. The van der Waals surface area contributed by atoms with E-state index in [1.165, 1.54) is 0 Å². The molecule has 2 rings (SSSR count). The van der Waals surface area contributed by atoms with Crippen LogP contribution in [0.25, 0.3) is 0 Å². The van der Waals surface area contributed by atoms with Crippen LogP contribution in [0.3, 0.4) is 0 Å². The molecule has 0 saturated carbocycles. The summed E-state index contributed by atoms with van der Waals surface area (Å²) in [5.41, 5.74) is 1.02. The van der Waals surface area contributed by atoms with Gasteiger partial charge in [0.25, 0.3) is 5.91 Å². The van der Waals surface area contributed by atoms with Gasteiger partial charge in [0, 0.05) is 32.6 Å². The van der Waals surface area contributed by atoms with Gasteiger partial charge in [-0.3, -0.25) is 9.59 Å². The third-order valence-electron chi connectivity index (χ3n) is 4.39. The van der Waals surface area contributed by atoms with Gasteiger partial charge in [-0.05, 0) is 31.4 Å². The minimum absolute atomic E-state index is 0.0129. The Labute approximate surface area is 144 Å². The zero-order valence-electron chi connectivity index (χ0n) is 14.8. The number of carbonyl (C=O) groups excluding carboxylic acids is 2. The molecule has 0 bridgehead atoms.